The van der Waals surface area contributed by atoms with Crippen molar-refractivity contribution in [3.8, 4) is 0 Å². The first kappa shape index (κ1) is 13.0. The van der Waals surface area contributed by atoms with Crippen LogP contribution in [0.25, 0.3) is 0 Å². The van der Waals surface area contributed by atoms with Gasteiger partial charge in [-0.2, -0.15) is 22.0 Å². The molecule has 0 fully saturated rings. The Morgan fingerprint density at radius 1 is 1.00 bits per heavy atom. The lowest BCUT2D eigenvalue weighted by Crippen LogP contribution is -2.52. The summed E-state index contributed by atoms with van der Waals surface area (Å²) in [6.45, 7) is 2.61. The molecule has 0 aromatic carbocycles. The Kier molecular flexibility index (Phi) is 3.78. The second kappa shape index (κ2) is 4.05. The van der Waals surface area contributed by atoms with Crippen molar-refractivity contribution in [3.63, 3.8) is 0 Å². The number of halogens is 7. The van der Waals surface area contributed by atoms with Crippen LogP contribution in [0.15, 0.2) is 12.8 Å². The van der Waals surface area contributed by atoms with Crippen LogP contribution in [-0.4, -0.2) is 24.6 Å². The topological polar surface area (TPSA) is 9.23 Å². The first-order valence-electron chi connectivity index (χ1n) is 3.12. The molecule has 0 aliphatic heterocycles. The van der Waals surface area contributed by atoms with Crippen molar-refractivity contribution in [1.82, 2.24) is 0 Å². The highest BCUT2D eigenvalue weighted by Gasteiger charge is 2.68. The molecule has 0 rings (SSSR count). The van der Waals surface area contributed by atoms with Gasteiger partial charge in [-0.05, 0) is 0 Å². The van der Waals surface area contributed by atoms with E-state index in [9.17, 15) is 30.7 Å². The van der Waals surface area contributed by atoms with Crippen LogP contribution < -0.4 is 0 Å². The van der Waals surface area contributed by atoms with Gasteiger partial charge in [-0.15, -0.1) is 0 Å². The molecule has 14 heavy (non-hydrogen) atoms. The maximum absolute atomic E-state index is 12.3. The molecule has 0 spiro atoms. The summed E-state index contributed by atoms with van der Waals surface area (Å²) in [6.07, 6.45) is -8.45. The minimum Gasteiger partial charge on any atom is -0.463 e. The van der Waals surface area contributed by atoms with Gasteiger partial charge in [0.05, 0.1) is 6.26 Å². The molecule has 0 N–H and O–H groups in total. The summed E-state index contributed by atoms with van der Waals surface area (Å²) in [5, 5.41) is 0. The lowest BCUT2D eigenvalue weighted by atomic mass is 10.2. The van der Waals surface area contributed by atoms with Gasteiger partial charge in [0.2, 0.25) is 0 Å². The van der Waals surface area contributed by atoms with Crippen molar-refractivity contribution in [2.45, 2.75) is 24.6 Å². The van der Waals surface area contributed by atoms with Gasteiger partial charge in [-0.3, -0.25) is 0 Å². The van der Waals surface area contributed by atoms with E-state index in [4.69, 9.17) is 0 Å². The zero-order valence-electron chi connectivity index (χ0n) is 6.49. The molecule has 0 aromatic rings. The Bertz CT molecular complexity index is 202. The molecule has 0 saturated heterocycles. The van der Waals surface area contributed by atoms with Gasteiger partial charge in [0, 0.05) is 0 Å². The van der Waals surface area contributed by atoms with Crippen molar-refractivity contribution < 1.29 is 35.5 Å². The zero-order chi connectivity index (χ0) is 11.6. The van der Waals surface area contributed by atoms with Crippen LogP contribution in [0.4, 0.5) is 30.7 Å². The quantitative estimate of drug-likeness (QED) is 0.517. The SMILES string of the molecule is C=COC(F)C(F)(F)C(F)(F)C(F)F. The van der Waals surface area contributed by atoms with Crippen LogP contribution in [0.2, 0.25) is 0 Å². The summed E-state index contributed by atoms with van der Waals surface area (Å²) in [7, 11) is 0. The molecule has 0 aliphatic carbocycles. The average Bonchev–Trinajstić information content (AvgIpc) is 2.04. The van der Waals surface area contributed by atoms with Gasteiger partial charge >= 0.3 is 24.6 Å². The van der Waals surface area contributed by atoms with Crippen LogP contribution in [0.3, 0.4) is 0 Å². The molecule has 0 heterocycles. The van der Waals surface area contributed by atoms with E-state index in [2.05, 4.69) is 11.3 Å². The Labute approximate surface area is 74.1 Å². The maximum Gasteiger partial charge on any atom is 0.381 e. The third kappa shape index (κ3) is 2.10. The minimum atomic E-state index is -5.80. The number of hydrogen-bond donors (Lipinski definition) is 0. The molecule has 1 unspecified atom stereocenters. The van der Waals surface area contributed by atoms with Crippen molar-refractivity contribution in [2.24, 2.45) is 0 Å². The van der Waals surface area contributed by atoms with Crippen molar-refractivity contribution >= 4 is 0 Å². The molecule has 0 aliphatic rings. The molecule has 0 radical (unpaired) electrons. The predicted molar refractivity (Wildman–Crippen MR) is 32.1 cm³/mol. The first-order valence-corrected chi connectivity index (χ1v) is 3.12. The van der Waals surface area contributed by atoms with E-state index in [0.29, 0.717) is 0 Å². The molecular weight excluding hydrogens is 221 g/mol. The van der Waals surface area contributed by atoms with Crippen LogP contribution in [0.1, 0.15) is 0 Å². The lowest BCUT2D eigenvalue weighted by Gasteiger charge is -2.27. The highest BCUT2D eigenvalue weighted by molar-refractivity contribution is 4.90. The lowest BCUT2D eigenvalue weighted by molar-refractivity contribution is -0.317. The van der Waals surface area contributed by atoms with Crippen molar-refractivity contribution in [1.29, 1.82) is 0 Å². The molecule has 0 amide bonds. The minimum absolute atomic E-state index is 0.111. The normalized spacial score (nSPS) is 15.4. The third-order valence-corrected chi connectivity index (χ3v) is 1.22. The molecule has 1 nitrogen and oxygen atoms in total. The summed E-state index contributed by atoms with van der Waals surface area (Å²) in [5.41, 5.74) is 0. The van der Waals surface area contributed by atoms with Crippen molar-refractivity contribution in [3.05, 3.63) is 12.8 Å². The summed E-state index contributed by atoms with van der Waals surface area (Å²) in [5.74, 6) is -11.4. The summed E-state index contributed by atoms with van der Waals surface area (Å²) in [6, 6.07) is 0. The number of hydrogen-bond acceptors (Lipinski definition) is 1. The molecule has 8 heteroatoms. The van der Waals surface area contributed by atoms with E-state index in [1.807, 2.05) is 0 Å². The summed E-state index contributed by atoms with van der Waals surface area (Å²) >= 11 is 0. The first-order chi connectivity index (χ1) is 6.17. The average molecular weight is 226 g/mol. The number of rotatable bonds is 5. The molecule has 1 atom stereocenters. The van der Waals surface area contributed by atoms with Gasteiger partial charge in [0.25, 0.3) is 0 Å². The van der Waals surface area contributed by atoms with E-state index in [0.717, 1.165) is 0 Å². The van der Waals surface area contributed by atoms with E-state index in [1.165, 1.54) is 0 Å². The molecule has 0 saturated carbocycles. The molecular formula is C6H5F7O. The largest absolute Gasteiger partial charge is 0.463 e. The molecule has 0 bridgehead atoms. The smallest absolute Gasteiger partial charge is 0.381 e. The monoisotopic (exact) mass is 226 g/mol. The van der Waals surface area contributed by atoms with E-state index in [-0.39, 0.29) is 6.26 Å². The van der Waals surface area contributed by atoms with Crippen LogP contribution in [-0.2, 0) is 4.74 Å². The Balaban J connectivity index is 4.82. The van der Waals surface area contributed by atoms with Gasteiger partial charge in [-0.25, -0.2) is 8.78 Å². The van der Waals surface area contributed by atoms with E-state index < -0.39 is 24.6 Å². The van der Waals surface area contributed by atoms with Crippen molar-refractivity contribution in [2.75, 3.05) is 0 Å². The van der Waals surface area contributed by atoms with E-state index in [1.54, 1.807) is 0 Å². The van der Waals surface area contributed by atoms with Crippen LogP contribution >= 0.6 is 0 Å². The fourth-order valence-corrected chi connectivity index (χ4v) is 0.467. The van der Waals surface area contributed by atoms with Gasteiger partial charge in [-0.1, -0.05) is 6.58 Å². The Morgan fingerprint density at radius 2 is 1.43 bits per heavy atom. The number of alkyl halides is 7. The standard InChI is InChI=1S/C6H5F7O/c1-2-14-4(9)6(12,13)5(10,11)3(7)8/h2-4H,1H2. The van der Waals surface area contributed by atoms with Crippen LogP contribution in [0.5, 0.6) is 0 Å². The maximum atomic E-state index is 12.3. The number of ether oxygens (including phenoxy) is 1. The Morgan fingerprint density at radius 3 is 1.71 bits per heavy atom. The second-order valence-electron chi connectivity index (χ2n) is 2.17. The molecule has 0 aromatic heterocycles. The Hall–Kier alpha value is -0.950. The van der Waals surface area contributed by atoms with Gasteiger partial charge < -0.3 is 4.74 Å². The molecule has 84 valence electrons. The predicted octanol–water partition coefficient (Wildman–Crippen LogP) is 2.98. The van der Waals surface area contributed by atoms with Crippen LogP contribution in [0, 0.1) is 0 Å². The fourth-order valence-electron chi connectivity index (χ4n) is 0.467. The summed E-state index contributed by atoms with van der Waals surface area (Å²) in [4.78, 5) is 0. The van der Waals surface area contributed by atoms with Gasteiger partial charge in [0.15, 0.2) is 0 Å². The second-order valence-corrected chi connectivity index (χ2v) is 2.17. The summed E-state index contributed by atoms with van der Waals surface area (Å²) < 4.78 is 86.9. The highest BCUT2D eigenvalue weighted by Crippen LogP contribution is 2.42. The van der Waals surface area contributed by atoms with E-state index >= 15 is 0 Å². The zero-order valence-corrected chi connectivity index (χ0v) is 6.49. The highest BCUT2D eigenvalue weighted by atomic mass is 19.3. The fraction of sp³-hybridized carbons (Fsp3) is 0.667. The van der Waals surface area contributed by atoms with Gasteiger partial charge in [0.1, 0.15) is 0 Å². The third-order valence-electron chi connectivity index (χ3n) is 1.22.